The van der Waals surface area contributed by atoms with Crippen LogP contribution in [0.1, 0.15) is 13.8 Å². The van der Waals surface area contributed by atoms with E-state index in [1.165, 1.54) is 11.0 Å². The van der Waals surface area contributed by atoms with Crippen LogP contribution in [-0.2, 0) is 0 Å². The van der Waals surface area contributed by atoms with E-state index in [-0.39, 0.29) is 17.4 Å². The molecule has 0 atom stereocenters. The van der Waals surface area contributed by atoms with E-state index in [0.29, 0.717) is 10.1 Å². The highest BCUT2D eigenvalue weighted by Gasteiger charge is 2.42. The van der Waals surface area contributed by atoms with Crippen molar-refractivity contribution < 1.29 is 9.18 Å². The lowest BCUT2D eigenvalue weighted by molar-refractivity contribution is 0.198. The van der Waals surface area contributed by atoms with Gasteiger partial charge in [-0.25, -0.2) is 14.2 Å². The number of likely N-dealkylation sites (N-methyl/N-ethyl adjacent to an activating group) is 1. The molecular formula is C11H13FIN3O. The summed E-state index contributed by atoms with van der Waals surface area (Å²) >= 11 is 1.99. The Kier molecular flexibility index (Phi) is 3.01. The summed E-state index contributed by atoms with van der Waals surface area (Å²) < 4.78 is 14.5. The van der Waals surface area contributed by atoms with E-state index in [1.54, 1.807) is 18.1 Å². The van der Waals surface area contributed by atoms with Crippen molar-refractivity contribution in [2.75, 3.05) is 18.5 Å². The maximum atomic E-state index is 13.8. The Morgan fingerprint density at radius 3 is 2.65 bits per heavy atom. The van der Waals surface area contributed by atoms with Crippen LogP contribution in [0.4, 0.5) is 15.0 Å². The first-order valence-electron chi connectivity index (χ1n) is 5.19. The summed E-state index contributed by atoms with van der Waals surface area (Å²) in [4.78, 5) is 19.0. The van der Waals surface area contributed by atoms with Gasteiger partial charge in [-0.1, -0.05) is 0 Å². The molecule has 2 rings (SSSR count). The van der Waals surface area contributed by atoms with Crippen molar-refractivity contribution in [2.24, 2.45) is 0 Å². The molecule has 0 N–H and O–H groups in total. The molecule has 1 saturated heterocycles. The molecule has 0 bridgehead atoms. The summed E-state index contributed by atoms with van der Waals surface area (Å²) in [7, 11) is 1.72. The van der Waals surface area contributed by atoms with Crippen molar-refractivity contribution in [3.05, 3.63) is 21.7 Å². The molecule has 0 unspecified atom stereocenters. The number of aromatic nitrogens is 1. The predicted octanol–water partition coefficient (Wildman–Crippen LogP) is 2.48. The van der Waals surface area contributed by atoms with Gasteiger partial charge in [0.2, 0.25) is 0 Å². The molecule has 2 heterocycles. The van der Waals surface area contributed by atoms with Crippen molar-refractivity contribution in [1.82, 2.24) is 9.88 Å². The number of pyridine rings is 1. The number of carbonyl (C=O) groups excluding carboxylic acids is 1. The van der Waals surface area contributed by atoms with Gasteiger partial charge in [0.05, 0.1) is 12.1 Å². The maximum Gasteiger partial charge on any atom is 0.326 e. The first kappa shape index (κ1) is 12.5. The molecule has 1 fully saturated rings. The van der Waals surface area contributed by atoms with E-state index in [2.05, 4.69) is 4.98 Å². The molecule has 1 aromatic rings. The summed E-state index contributed by atoms with van der Waals surface area (Å²) in [5, 5.41) is 0. The summed E-state index contributed by atoms with van der Waals surface area (Å²) in [5.41, 5.74) is -0.311. The second kappa shape index (κ2) is 4.08. The monoisotopic (exact) mass is 349 g/mol. The molecule has 0 radical (unpaired) electrons. The fourth-order valence-corrected chi connectivity index (χ4v) is 2.18. The summed E-state index contributed by atoms with van der Waals surface area (Å²) in [6, 6.07) is 1.16. The Morgan fingerprint density at radius 2 is 2.18 bits per heavy atom. The molecular weight excluding hydrogens is 336 g/mol. The Balaban J connectivity index is 2.39. The number of urea groups is 1. The topological polar surface area (TPSA) is 36.4 Å². The lowest BCUT2D eigenvalue weighted by atomic mass is 10.1. The van der Waals surface area contributed by atoms with E-state index >= 15 is 0 Å². The lowest BCUT2D eigenvalue weighted by Gasteiger charge is -2.24. The van der Waals surface area contributed by atoms with E-state index in [1.807, 2.05) is 36.4 Å². The van der Waals surface area contributed by atoms with Crippen molar-refractivity contribution in [3.63, 3.8) is 0 Å². The first-order valence-corrected chi connectivity index (χ1v) is 6.27. The zero-order valence-electron chi connectivity index (χ0n) is 9.87. The number of rotatable bonds is 1. The first-order chi connectivity index (χ1) is 7.83. The molecule has 2 amide bonds. The third-order valence-corrected chi connectivity index (χ3v) is 3.60. The number of halogens is 2. The Labute approximate surface area is 113 Å². The minimum absolute atomic E-state index is 0.104. The Hall–Kier alpha value is -0.920. The molecule has 1 aliphatic heterocycles. The van der Waals surface area contributed by atoms with Crippen LogP contribution >= 0.6 is 22.6 Å². The Bertz CT molecular complexity index is 478. The average molecular weight is 349 g/mol. The summed E-state index contributed by atoms with van der Waals surface area (Å²) in [6.07, 6.45) is 1.55. The van der Waals surface area contributed by atoms with Crippen molar-refractivity contribution in [1.29, 1.82) is 0 Å². The third kappa shape index (κ3) is 2.10. The zero-order chi connectivity index (χ0) is 12.8. The molecule has 0 spiro atoms. The highest BCUT2D eigenvalue weighted by atomic mass is 127. The lowest BCUT2D eigenvalue weighted by Crippen LogP contribution is -2.38. The number of hydrogen-bond donors (Lipinski definition) is 0. The number of carbonyl (C=O) groups is 1. The summed E-state index contributed by atoms with van der Waals surface area (Å²) in [5.74, 6) is -0.357. The standard InChI is InChI=1S/C11H13FIN3O/c1-11(2)6-16(10(17)15(11)3)9-8(12)4-7(13)5-14-9/h4-5H,6H2,1-3H3. The number of amides is 2. The molecule has 92 valence electrons. The molecule has 1 aromatic heterocycles. The Morgan fingerprint density at radius 1 is 1.53 bits per heavy atom. The van der Waals surface area contributed by atoms with Crippen molar-refractivity contribution >= 4 is 34.4 Å². The van der Waals surface area contributed by atoms with Gasteiger partial charge in [-0.15, -0.1) is 0 Å². The highest BCUT2D eigenvalue weighted by Crippen LogP contribution is 2.29. The van der Waals surface area contributed by atoms with Crippen molar-refractivity contribution in [2.45, 2.75) is 19.4 Å². The predicted molar refractivity (Wildman–Crippen MR) is 71.5 cm³/mol. The largest absolute Gasteiger partial charge is 0.326 e. The summed E-state index contributed by atoms with van der Waals surface area (Å²) in [6.45, 7) is 4.32. The van der Waals surface area contributed by atoms with Crippen LogP contribution in [0.15, 0.2) is 12.3 Å². The molecule has 0 aromatic carbocycles. The van der Waals surface area contributed by atoms with Gasteiger partial charge in [0.1, 0.15) is 0 Å². The van der Waals surface area contributed by atoms with Gasteiger partial charge in [-0.2, -0.15) is 0 Å². The second-order valence-electron chi connectivity index (χ2n) is 4.70. The van der Waals surface area contributed by atoms with Crippen LogP contribution in [0, 0.1) is 9.39 Å². The smallest absolute Gasteiger partial charge is 0.320 e. The van der Waals surface area contributed by atoms with Gasteiger partial charge < -0.3 is 4.90 Å². The molecule has 1 aliphatic rings. The average Bonchev–Trinajstić information content (AvgIpc) is 2.42. The van der Waals surface area contributed by atoms with Gasteiger partial charge in [-0.05, 0) is 42.5 Å². The number of nitrogens with zero attached hydrogens (tertiary/aromatic N) is 3. The normalized spacial score (nSPS) is 19.0. The quantitative estimate of drug-likeness (QED) is 0.731. The molecule has 0 aliphatic carbocycles. The fourth-order valence-electron chi connectivity index (χ4n) is 1.77. The third-order valence-electron chi connectivity index (χ3n) is 3.01. The van der Waals surface area contributed by atoms with E-state index in [9.17, 15) is 9.18 Å². The second-order valence-corrected chi connectivity index (χ2v) is 5.94. The molecule has 6 heteroatoms. The van der Waals surface area contributed by atoms with Crippen LogP contribution in [0.25, 0.3) is 0 Å². The SMILES string of the molecule is CN1C(=O)N(c2ncc(I)cc2F)CC1(C)C. The number of anilines is 1. The van der Waals surface area contributed by atoms with Crippen molar-refractivity contribution in [3.8, 4) is 0 Å². The minimum atomic E-state index is -0.462. The zero-order valence-corrected chi connectivity index (χ0v) is 12.0. The van der Waals surface area contributed by atoms with E-state index in [0.717, 1.165) is 0 Å². The van der Waals surface area contributed by atoms with Crippen LogP contribution in [0.5, 0.6) is 0 Å². The van der Waals surface area contributed by atoms with Gasteiger partial charge in [-0.3, -0.25) is 4.90 Å². The van der Waals surface area contributed by atoms with Gasteiger partial charge in [0.25, 0.3) is 0 Å². The fraction of sp³-hybridized carbons (Fsp3) is 0.455. The van der Waals surface area contributed by atoms with Crippen LogP contribution in [0.2, 0.25) is 0 Å². The molecule has 17 heavy (non-hydrogen) atoms. The molecule has 4 nitrogen and oxygen atoms in total. The van der Waals surface area contributed by atoms with Crippen LogP contribution in [-0.4, -0.2) is 35.0 Å². The number of hydrogen-bond acceptors (Lipinski definition) is 2. The van der Waals surface area contributed by atoms with E-state index < -0.39 is 5.82 Å². The minimum Gasteiger partial charge on any atom is -0.320 e. The molecule has 0 saturated carbocycles. The van der Waals surface area contributed by atoms with Gasteiger partial charge in [0.15, 0.2) is 11.6 Å². The van der Waals surface area contributed by atoms with Gasteiger partial charge >= 0.3 is 6.03 Å². The van der Waals surface area contributed by atoms with Crippen LogP contribution < -0.4 is 4.90 Å². The highest BCUT2D eigenvalue weighted by molar-refractivity contribution is 14.1. The van der Waals surface area contributed by atoms with Gasteiger partial charge in [0, 0.05) is 16.8 Å². The maximum absolute atomic E-state index is 13.8. The van der Waals surface area contributed by atoms with E-state index in [4.69, 9.17) is 0 Å². The van der Waals surface area contributed by atoms with Crippen LogP contribution in [0.3, 0.4) is 0 Å².